The van der Waals surface area contributed by atoms with Crippen LogP contribution < -0.4 is 5.32 Å². The van der Waals surface area contributed by atoms with Crippen LogP contribution >= 0.6 is 0 Å². The van der Waals surface area contributed by atoms with Crippen molar-refractivity contribution in [3.05, 3.63) is 11.9 Å². The molecule has 1 fully saturated rings. The first-order valence-corrected chi connectivity index (χ1v) is 6.45. The van der Waals surface area contributed by atoms with Crippen molar-refractivity contribution in [2.75, 3.05) is 18.5 Å². The molecule has 96 valence electrons. The molecule has 1 aliphatic carbocycles. The average Bonchev–Trinajstić information content (AvgIpc) is 3.00. The minimum atomic E-state index is -0.150. The molecule has 0 unspecified atom stereocenters. The van der Waals surface area contributed by atoms with Crippen molar-refractivity contribution in [2.24, 2.45) is 0 Å². The molecule has 1 aliphatic rings. The van der Waals surface area contributed by atoms with Gasteiger partial charge in [0.05, 0.1) is 11.3 Å². The third-order valence-electron chi connectivity index (χ3n) is 3.00. The second-order valence-corrected chi connectivity index (χ2v) is 5.39. The van der Waals surface area contributed by atoms with E-state index in [4.69, 9.17) is 4.74 Å². The molecule has 4 nitrogen and oxygen atoms in total. The molecule has 17 heavy (non-hydrogen) atoms. The van der Waals surface area contributed by atoms with E-state index >= 15 is 0 Å². The molecule has 4 heteroatoms. The van der Waals surface area contributed by atoms with Crippen LogP contribution in [0.25, 0.3) is 0 Å². The number of rotatable bonds is 6. The van der Waals surface area contributed by atoms with Crippen LogP contribution in [0, 0.1) is 6.92 Å². The Morgan fingerprint density at radius 2 is 2.24 bits per heavy atom. The van der Waals surface area contributed by atoms with Gasteiger partial charge in [-0.05, 0) is 40.5 Å². The van der Waals surface area contributed by atoms with E-state index in [0.717, 1.165) is 24.8 Å². The molecule has 0 saturated heterocycles. The Labute approximate surface area is 103 Å². The van der Waals surface area contributed by atoms with Crippen LogP contribution in [-0.2, 0) is 4.74 Å². The molecule has 1 saturated carbocycles. The monoisotopic (exact) mass is 237 g/mol. The molecule has 1 N–H and O–H groups in total. The van der Waals surface area contributed by atoms with E-state index in [-0.39, 0.29) is 5.60 Å². The number of nitrogens with one attached hydrogen (secondary N) is 1. The summed E-state index contributed by atoms with van der Waals surface area (Å²) in [5.74, 6) is 0.984. The number of aryl methyl sites for hydroxylation is 1. The van der Waals surface area contributed by atoms with Crippen LogP contribution in [0.1, 0.15) is 45.3 Å². The quantitative estimate of drug-likeness (QED) is 0.827. The van der Waals surface area contributed by atoms with Crippen molar-refractivity contribution >= 4 is 5.95 Å². The number of hydrogen-bond donors (Lipinski definition) is 1. The van der Waals surface area contributed by atoms with E-state index in [9.17, 15) is 0 Å². The second kappa shape index (κ2) is 4.69. The maximum Gasteiger partial charge on any atom is 0.203 e. The summed E-state index contributed by atoms with van der Waals surface area (Å²) in [5, 5.41) is 3.41. The molecule has 1 aromatic rings. The van der Waals surface area contributed by atoms with Crippen LogP contribution in [0.2, 0.25) is 0 Å². The van der Waals surface area contributed by atoms with Gasteiger partial charge in [-0.25, -0.2) is 4.98 Å². The maximum absolute atomic E-state index is 5.67. The average molecular weight is 237 g/mol. The van der Waals surface area contributed by atoms with Gasteiger partial charge in [-0.2, -0.15) is 0 Å². The Hall–Kier alpha value is -1.03. The smallest absolute Gasteiger partial charge is 0.203 e. The molecular weight excluding hydrogens is 214 g/mol. The van der Waals surface area contributed by atoms with Gasteiger partial charge in [0.15, 0.2) is 0 Å². The summed E-state index contributed by atoms with van der Waals surface area (Å²) in [4.78, 5) is 4.53. The molecule has 1 heterocycles. The van der Waals surface area contributed by atoms with Gasteiger partial charge in [0.25, 0.3) is 0 Å². The molecule has 0 atom stereocenters. The van der Waals surface area contributed by atoms with Crippen molar-refractivity contribution in [3.8, 4) is 0 Å². The molecule has 0 aromatic carbocycles. The molecule has 0 radical (unpaired) electrons. The summed E-state index contributed by atoms with van der Waals surface area (Å²) in [6, 6.07) is 0.661. The van der Waals surface area contributed by atoms with Gasteiger partial charge in [-0.3, -0.25) is 0 Å². The Morgan fingerprint density at radius 3 is 2.82 bits per heavy atom. The predicted octanol–water partition coefficient (Wildman–Crippen LogP) is 2.75. The Morgan fingerprint density at radius 1 is 1.53 bits per heavy atom. The number of imidazole rings is 1. The first-order chi connectivity index (χ1) is 8.02. The van der Waals surface area contributed by atoms with E-state index < -0.39 is 0 Å². The Kier molecular flexibility index (Phi) is 3.43. The number of anilines is 1. The number of ether oxygens (including phenoxy) is 1. The molecule has 1 aromatic heterocycles. The first-order valence-electron chi connectivity index (χ1n) is 6.45. The number of aromatic nitrogens is 2. The van der Waals surface area contributed by atoms with Gasteiger partial charge in [0, 0.05) is 25.4 Å². The molecule has 0 bridgehead atoms. The van der Waals surface area contributed by atoms with E-state index in [1.165, 1.54) is 12.8 Å². The lowest BCUT2D eigenvalue weighted by molar-refractivity contribution is 0.000540. The highest BCUT2D eigenvalue weighted by Gasteiger charge is 2.27. The third kappa shape index (κ3) is 3.22. The molecule has 0 spiro atoms. The summed E-state index contributed by atoms with van der Waals surface area (Å²) in [6.45, 7) is 9.78. The van der Waals surface area contributed by atoms with E-state index in [1.807, 2.05) is 13.8 Å². The fraction of sp³-hybridized carbons (Fsp3) is 0.769. The van der Waals surface area contributed by atoms with E-state index in [1.54, 1.807) is 0 Å². The van der Waals surface area contributed by atoms with Crippen LogP contribution in [0.4, 0.5) is 5.95 Å². The van der Waals surface area contributed by atoms with Gasteiger partial charge in [0.1, 0.15) is 0 Å². The van der Waals surface area contributed by atoms with Gasteiger partial charge >= 0.3 is 0 Å². The second-order valence-electron chi connectivity index (χ2n) is 5.39. The van der Waals surface area contributed by atoms with Crippen molar-refractivity contribution in [1.29, 1.82) is 0 Å². The highest BCUT2D eigenvalue weighted by Crippen LogP contribution is 2.37. The SMILES string of the molecule is CCOC(C)(C)CNc1nc(C)cn1C1CC1. The highest BCUT2D eigenvalue weighted by atomic mass is 16.5. The van der Waals surface area contributed by atoms with Crippen LogP contribution in [0.15, 0.2) is 6.20 Å². The summed E-state index contributed by atoms with van der Waals surface area (Å²) in [5.41, 5.74) is 0.928. The molecular formula is C13H23N3O. The van der Waals surface area contributed by atoms with Crippen LogP contribution in [-0.4, -0.2) is 28.3 Å². The number of hydrogen-bond acceptors (Lipinski definition) is 3. The Bertz CT molecular complexity index is 380. The summed E-state index contributed by atoms with van der Waals surface area (Å²) in [6.07, 6.45) is 4.69. The van der Waals surface area contributed by atoms with E-state index in [0.29, 0.717) is 6.04 Å². The predicted molar refractivity (Wildman–Crippen MR) is 69.4 cm³/mol. The maximum atomic E-state index is 5.67. The molecule has 0 amide bonds. The number of nitrogens with zero attached hydrogens (tertiary/aromatic N) is 2. The van der Waals surface area contributed by atoms with Crippen molar-refractivity contribution in [1.82, 2.24) is 9.55 Å². The zero-order valence-corrected chi connectivity index (χ0v) is 11.3. The third-order valence-corrected chi connectivity index (χ3v) is 3.00. The fourth-order valence-corrected chi connectivity index (χ4v) is 2.01. The first kappa shape index (κ1) is 12.4. The molecule has 2 rings (SSSR count). The lowest BCUT2D eigenvalue weighted by Crippen LogP contribution is -2.34. The fourth-order valence-electron chi connectivity index (χ4n) is 2.01. The van der Waals surface area contributed by atoms with Gasteiger partial charge < -0.3 is 14.6 Å². The van der Waals surface area contributed by atoms with E-state index in [2.05, 4.69) is 34.9 Å². The van der Waals surface area contributed by atoms with Crippen LogP contribution in [0.5, 0.6) is 0 Å². The normalized spacial score (nSPS) is 16.2. The lowest BCUT2D eigenvalue weighted by atomic mass is 10.1. The minimum Gasteiger partial charge on any atom is -0.374 e. The summed E-state index contributed by atoms with van der Waals surface area (Å²) in [7, 11) is 0. The minimum absolute atomic E-state index is 0.150. The van der Waals surface area contributed by atoms with Gasteiger partial charge in [-0.1, -0.05) is 0 Å². The zero-order valence-electron chi connectivity index (χ0n) is 11.3. The zero-order chi connectivity index (χ0) is 12.5. The van der Waals surface area contributed by atoms with Crippen molar-refractivity contribution in [3.63, 3.8) is 0 Å². The summed E-state index contributed by atoms with van der Waals surface area (Å²) < 4.78 is 7.94. The van der Waals surface area contributed by atoms with Crippen LogP contribution in [0.3, 0.4) is 0 Å². The standard InChI is InChI=1S/C13H23N3O/c1-5-17-13(3,4)9-14-12-15-10(2)8-16(12)11-6-7-11/h8,11H,5-7,9H2,1-4H3,(H,14,15). The highest BCUT2D eigenvalue weighted by molar-refractivity contribution is 5.31. The van der Waals surface area contributed by atoms with Gasteiger partial charge in [0.2, 0.25) is 5.95 Å². The Balaban J connectivity index is 1.98. The summed E-state index contributed by atoms with van der Waals surface area (Å²) >= 11 is 0. The molecule has 0 aliphatic heterocycles. The van der Waals surface area contributed by atoms with Gasteiger partial charge in [-0.15, -0.1) is 0 Å². The topological polar surface area (TPSA) is 39.1 Å². The largest absolute Gasteiger partial charge is 0.374 e. The lowest BCUT2D eigenvalue weighted by Gasteiger charge is -2.25. The van der Waals surface area contributed by atoms with Crippen molar-refractivity contribution in [2.45, 2.75) is 52.2 Å². The van der Waals surface area contributed by atoms with Crippen molar-refractivity contribution < 1.29 is 4.74 Å².